The van der Waals surface area contributed by atoms with Crippen molar-refractivity contribution in [3.63, 3.8) is 0 Å². The number of fused-ring (bicyclic) bond motifs is 1. The number of rotatable bonds is 2. The van der Waals surface area contributed by atoms with Gasteiger partial charge in [0.15, 0.2) is 5.76 Å². The standard InChI is InChI=1S/C16H10F2O4/c1-21-11-2-3-12-13(7-11)22-16(15(20)14(12)19)8-4-9(17)6-10(18)5-8/h2-7,20H,1H3. The largest absolute Gasteiger partial charge is 0.502 e. The van der Waals surface area contributed by atoms with Crippen molar-refractivity contribution in [2.24, 2.45) is 0 Å². The number of halogens is 2. The normalized spacial score (nSPS) is 10.9. The summed E-state index contributed by atoms with van der Waals surface area (Å²) in [4.78, 5) is 12.2. The summed E-state index contributed by atoms with van der Waals surface area (Å²) >= 11 is 0. The molecule has 112 valence electrons. The fourth-order valence-corrected chi connectivity index (χ4v) is 2.17. The summed E-state index contributed by atoms with van der Waals surface area (Å²) in [5.41, 5.74) is -0.623. The molecule has 0 saturated carbocycles. The second-order valence-corrected chi connectivity index (χ2v) is 4.63. The van der Waals surface area contributed by atoms with Crippen LogP contribution in [-0.2, 0) is 0 Å². The minimum atomic E-state index is -0.845. The number of aromatic hydroxyl groups is 1. The summed E-state index contributed by atoms with van der Waals surface area (Å²) < 4.78 is 37.1. The van der Waals surface area contributed by atoms with E-state index in [1.165, 1.54) is 19.2 Å². The van der Waals surface area contributed by atoms with Gasteiger partial charge in [-0.15, -0.1) is 0 Å². The first-order chi connectivity index (χ1) is 10.5. The van der Waals surface area contributed by atoms with Crippen LogP contribution in [0.1, 0.15) is 0 Å². The Hall–Kier alpha value is -2.89. The van der Waals surface area contributed by atoms with Gasteiger partial charge in [0.1, 0.15) is 23.0 Å². The van der Waals surface area contributed by atoms with Gasteiger partial charge in [-0.05, 0) is 24.3 Å². The number of hydrogen-bond donors (Lipinski definition) is 1. The van der Waals surface area contributed by atoms with Gasteiger partial charge < -0.3 is 14.3 Å². The van der Waals surface area contributed by atoms with Crippen LogP contribution in [0.25, 0.3) is 22.3 Å². The quantitative estimate of drug-likeness (QED) is 0.787. The van der Waals surface area contributed by atoms with Gasteiger partial charge in [0, 0.05) is 17.7 Å². The molecule has 0 atom stereocenters. The molecule has 0 bridgehead atoms. The van der Waals surface area contributed by atoms with E-state index in [-0.39, 0.29) is 22.3 Å². The molecule has 1 N–H and O–H groups in total. The molecule has 0 spiro atoms. The maximum absolute atomic E-state index is 13.3. The molecule has 6 heteroatoms. The van der Waals surface area contributed by atoms with Crippen LogP contribution in [0.15, 0.2) is 45.6 Å². The lowest BCUT2D eigenvalue weighted by molar-refractivity contribution is 0.413. The molecule has 0 radical (unpaired) electrons. The Balaban J connectivity index is 2.34. The highest BCUT2D eigenvalue weighted by Crippen LogP contribution is 2.32. The van der Waals surface area contributed by atoms with E-state index >= 15 is 0 Å². The highest BCUT2D eigenvalue weighted by molar-refractivity contribution is 5.82. The van der Waals surface area contributed by atoms with Crippen LogP contribution in [-0.4, -0.2) is 12.2 Å². The Bertz CT molecular complexity index is 911. The first-order valence-corrected chi connectivity index (χ1v) is 6.30. The molecule has 0 amide bonds. The van der Waals surface area contributed by atoms with Crippen molar-refractivity contribution < 1.29 is 23.0 Å². The van der Waals surface area contributed by atoms with Crippen molar-refractivity contribution in [1.29, 1.82) is 0 Å². The average molecular weight is 304 g/mol. The maximum atomic E-state index is 13.3. The van der Waals surface area contributed by atoms with Crippen molar-refractivity contribution in [1.82, 2.24) is 0 Å². The van der Waals surface area contributed by atoms with Gasteiger partial charge in [-0.3, -0.25) is 4.79 Å². The minimum absolute atomic E-state index is 0.0724. The number of benzene rings is 2. The van der Waals surface area contributed by atoms with Gasteiger partial charge in [-0.25, -0.2) is 8.78 Å². The minimum Gasteiger partial charge on any atom is -0.502 e. The maximum Gasteiger partial charge on any atom is 0.235 e. The third-order valence-corrected chi connectivity index (χ3v) is 3.20. The lowest BCUT2D eigenvalue weighted by Crippen LogP contribution is -2.03. The smallest absolute Gasteiger partial charge is 0.235 e. The van der Waals surface area contributed by atoms with E-state index in [0.717, 1.165) is 12.1 Å². The summed E-state index contributed by atoms with van der Waals surface area (Å²) in [7, 11) is 1.45. The van der Waals surface area contributed by atoms with Crippen LogP contribution in [0.3, 0.4) is 0 Å². The topological polar surface area (TPSA) is 59.7 Å². The molecule has 1 heterocycles. The molecule has 0 saturated heterocycles. The zero-order chi connectivity index (χ0) is 15.9. The highest BCUT2D eigenvalue weighted by Gasteiger charge is 2.17. The molecule has 0 unspecified atom stereocenters. The molecule has 4 nitrogen and oxygen atoms in total. The van der Waals surface area contributed by atoms with Crippen LogP contribution in [0.4, 0.5) is 8.78 Å². The fraction of sp³-hybridized carbons (Fsp3) is 0.0625. The number of methoxy groups -OCH3 is 1. The lowest BCUT2D eigenvalue weighted by atomic mass is 10.1. The monoisotopic (exact) mass is 304 g/mol. The molecular weight excluding hydrogens is 294 g/mol. The van der Waals surface area contributed by atoms with E-state index in [0.29, 0.717) is 11.8 Å². The highest BCUT2D eigenvalue weighted by atomic mass is 19.1. The van der Waals surface area contributed by atoms with E-state index in [4.69, 9.17) is 9.15 Å². The summed E-state index contributed by atoms with van der Waals surface area (Å²) in [6.07, 6.45) is 0. The number of hydrogen-bond acceptors (Lipinski definition) is 4. The Morgan fingerprint density at radius 3 is 2.41 bits per heavy atom. The van der Waals surface area contributed by atoms with Crippen molar-refractivity contribution >= 4 is 11.0 Å². The van der Waals surface area contributed by atoms with Crippen molar-refractivity contribution in [2.45, 2.75) is 0 Å². The average Bonchev–Trinajstić information content (AvgIpc) is 2.49. The molecule has 0 aliphatic carbocycles. The van der Waals surface area contributed by atoms with Gasteiger partial charge >= 0.3 is 0 Å². The lowest BCUT2D eigenvalue weighted by Gasteiger charge is -2.07. The molecule has 0 aliphatic heterocycles. The van der Waals surface area contributed by atoms with Gasteiger partial charge in [0.05, 0.1) is 12.5 Å². The molecule has 0 fully saturated rings. The molecule has 1 aromatic heterocycles. The third-order valence-electron chi connectivity index (χ3n) is 3.20. The van der Waals surface area contributed by atoms with E-state index in [1.807, 2.05) is 0 Å². The number of ether oxygens (including phenoxy) is 1. The van der Waals surface area contributed by atoms with E-state index in [1.54, 1.807) is 6.07 Å². The molecular formula is C16H10F2O4. The predicted octanol–water partition coefficient (Wildman–Crippen LogP) is 3.45. The molecule has 0 aliphatic rings. The van der Waals surface area contributed by atoms with Crippen LogP contribution in [0.2, 0.25) is 0 Å². The first kappa shape index (κ1) is 14.1. The second-order valence-electron chi connectivity index (χ2n) is 4.63. The van der Waals surface area contributed by atoms with Crippen LogP contribution in [0.5, 0.6) is 11.5 Å². The Labute approximate surface area is 123 Å². The van der Waals surface area contributed by atoms with Crippen molar-refractivity contribution in [3.8, 4) is 22.8 Å². The van der Waals surface area contributed by atoms with Crippen molar-refractivity contribution in [3.05, 3.63) is 58.3 Å². The Kier molecular flexibility index (Phi) is 3.29. The summed E-state index contributed by atoms with van der Waals surface area (Å²) in [6, 6.07) is 7.05. The summed E-state index contributed by atoms with van der Waals surface area (Å²) in [5, 5.41) is 10.1. The third kappa shape index (κ3) is 2.28. The van der Waals surface area contributed by atoms with E-state index < -0.39 is 22.8 Å². The van der Waals surface area contributed by atoms with Crippen LogP contribution in [0, 0.1) is 11.6 Å². The molecule has 2 aromatic carbocycles. The molecule has 3 aromatic rings. The van der Waals surface area contributed by atoms with E-state index in [9.17, 15) is 18.7 Å². The van der Waals surface area contributed by atoms with Gasteiger partial charge in [-0.2, -0.15) is 0 Å². The SMILES string of the molecule is COc1ccc2c(=O)c(O)c(-c3cc(F)cc(F)c3)oc2c1. The summed E-state index contributed by atoms with van der Waals surface area (Å²) in [6.45, 7) is 0. The van der Waals surface area contributed by atoms with Gasteiger partial charge in [0.2, 0.25) is 11.2 Å². The predicted molar refractivity (Wildman–Crippen MR) is 76.1 cm³/mol. The van der Waals surface area contributed by atoms with Gasteiger partial charge in [-0.1, -0.05) is 0 Å². The molecule has 22 heavy (non-hydrogen) atoms. The summed E-state index contributed by atoms with van der Waals surface area (Å²) in [5.74, 6) is -2.25. The van der Waals surface area contributed by atoms with Gasteiger partial charge in [0.25, 0.3) is 0 Å². The molecule has 3 rings (SSSR count). The Morgan fingerprint density at radius 1 is 1.09 bits per heavy atom. The van der Waals surface area contributed by atoms with Crippen LogP contribution >= 0.6 is 0 Å². The zero-order valence-electron chi connectivity index (χ0n) is 11.4. The van der Waals surface area contributed by atoms with E-state index in [2.05, 4.69) is 0 Å². The zero-order valence-corrected chi connectivity index (χ0v) is 11.4. The Morgan fingerprint density at radius 2 is 1.77 bits per heavy atom. The fourth-order valence-electron chi connectivity index (χ4n) is 2.17. The van der Waals surface area contributed by atoms with Crippen molar-refractivity contribution in [2.75, 3.05) is 7.11 Å². The second kappa shape index (κ2) is 5.14. The van der Waals surface area contributed by atoms with Crippen LogP contribution < -0.4 is 10.2 Å². The first-order valence-electron chi connectivity index (χ1n) is 6.30.